The Labute approximate surface area is 170 Å². The first-order chi connectivity index (χ1) is 9.93. The van der Waals surface area contributed by atoms with Crippen molar-refractivity contribution in [3.05, 3.63) is 35.9 Å². The van der Waals surface area contributed by atoms with Crippen molar-refractivity contribution in [2.24, 2.45) is 0 Å². The minimum atomic E-state index is -6.00. The van der Waals surface area contributed by atoms with Gasteiger partial charge in [0.05, 0.1) is 0 Å². The fraction of sp³-hybridized carbons (Fsp3) is 0. The molecule has 1 aromatic carbocycles. The molecule has 0 atom stereocenters. The minimum absolute atomic E-state index is 0. The second-order valence-corrected chi connectivity index (χ2v) is 3.01. The number of aldehydes is 1. The van der Waals surface area contributed by atoms with Gasteiger partial charge in [-0.3, -0.25) is 4.79 Å². The van der Waals surface area contributed by atoms with E-state index < -0.39 is 21.8 Å². The van der Waals surface area contributed by atoms with E-state index in [-0.39, 0.29) is 51.4 Å². The summed E-state index contributed by atoms with van der Waals surface area (Å²) in [5.74, 6) is 0. The van der Waals surface area contributed by atoms with Gasteiger partial charge in [-0.25, -0.2) is 0 Å². The topological polar surface area (TPSA) is 17.1 Å². The van der Waals surface area contributed by atoms with Crippen LogP contribution >= 0.6 is 0 Å². The Kier molecular flexibility index (Phi) is 20.0. The standard InChI is InChI=1S/C7H6O.3BF4.K.H/c8-6-7-4-2-1-3-5-7;3*2-1(3,4)5;;/h1-6H;;;;;/q;3*-1;;. The molecule has 0 saturated carbocycles. The number of hydrogen-bond acceptors (Lipinski definition) is 1. The Morgan fingerprint density at radius 3 is 0.917 bits per heavy atom. The molecule has 1 rings (SSSR count). The molecule has 0 bridgehead atoms. The Hall–Kier alpha value is -0.119. The van der Waals surface area contributed by atoms with Crippen molar-refractivity contribution >= 4 is 79.4 Å². The average Bonchev–Trinajstić information content (AvgIpc) is 2.23. The average molecular weight is 407 g/mol. The fourth-order valence-corrected chi connectivity index (χ4v) is 0.532. The second-order valence-electron chi connectivity index (χ2n) is 3.01. The van der Waals surface area contributed by atoms with Gasteiger partial charge in [-0.05, 0) is 0 Å². The van der Waals surface area contributed by atoms with Crippen LogP contribution < -0.4 is 0 Å². The predicted molar refractivity (Wildman–Crippen MR) is 69.5 cm³/mol. The Bertz CT molecular complexity index is 359. The summed E-state index contributed by atoms with van der Waals surface area (Å²) in [4.78, 5) is 10.0. The molecule has 0 aliphatic rings. The van der Waals surface area contributed by atoms with Crippen LogP contribution in [0.4, 0.5) is 51.8 Å². The van der Waals surface area contributed by atoms with Crippen molar-refractivity contribution in [3.8, 4) is 0 Å². The number of halogens is 12. The van der Waals surface area contributed by atoms with Crippen molar-refractivity contribution in [1.29, 1.82) is 0 Å². The zero-order chi connectivity index (χ0) is 19.3. The second kappa shape index (κ2) is 15.2. The van der Waals surface area contributed by atoms with Gasteiger partial charge in [0.25, 0.3) is 0 Å². The third-order valence-corrected chi connectivity index (χ3v) is 0.936. The van der Waals surface area contributed by atoms with Crippen molar-refractivity contribution in [2.45, 2.75) is 0 Å². The van der Waals surface area contributed by atoms with E-state index in [1.165, 1.54) is 0 Å². The summed E-state index contributed by atoms with van der Waals surface area (Å²) >= 11 is 0. The molecular weight excluding hydrogens is 400 g/mol. The number of benzene rings is 1. The van der Waals surface area contributed by atoms with Gasteiger partial charge in [0.2, 0.25) is 0 Å². The van der Waals surface area contributed by atoms with E-state index in [9.17, 15) is 56.6 Å². The van der Waals surface area contributed by atoms with Gasteiger partial charge in [-0.15, -0.1) is 0 Å². The quantitative estimate of drug-likeness (QED) is 0.374. The molecule has 1 nitrogen and oxygen atoms in total. The molecule has 138 valence electrons. The van der Waals surface area contributed by atoms with E-state index in [2.05, 4.69) is 0 Å². The normalized spacial score (nSPS) is 10.3. The molecule has 0 fully saturated rings. The van der Waals surface area contributed by atoms with Crippen LogP contribution in [0.3, 0.4) is 0 Å². The van der Waals surface area contributed by atoms with Gasteiger partial charge in [0.1, 0.15) is 6.29 Å². The molecule has 0 aliphatic carbocycles. The predicted octanol–water partition coefficient (Wildman–Crippen LogP) is 4.75. The molecule has 0 heterocycles. The van der Waals surface area contributed by atoms with Crippen LogP contribution in [-0.4, -0.2) is 79.4 Å². The van der Waals surface area contributed by atoms with Crippen molar-refractivity contribution in [2.75, 3.05) is 0 Å². The summed E-state index contributed by atoms with van der Waals surface area (Å²) in [5.41, 5.74) is 0.729. The van der Waals surface area contributed by atoms with E-state index in [1.54, 1.807) is 12.1 Å². The van der Waals surface area contributed by atoms with E-state index in [0.717, 1.165) is 11.8 Å². The monoisotopic (exact) mass is 407 g/mol. The molecule has 0 spiro atoms. The van der Waals surface area contributed by atoms with Crippen LogP contribution in [0.25, 0.3) is 0 Å². The molecule has 24 heavy (non-hydrogen) atoms. The Morgan fingerprint density at radius 2 is 0.792 bits per heavy atom. The molecular formula is C7H7B3F12KO-3. The van der Waals surface area contributed by atoms with Gasteiger partial charge in [0, 0.05) is 5.56 Å². The van der Waals surface area contributed by atoms with Gasteiger partial charge < -0.3 is 51.8 Å². The number of carbonyl (C=O) groups is 1. The Balaban J connectivity index is -0.000000113. The van der Waals surface area contributed by atoms with Crippen LogP contribution in [-0.2, 0) is 0 Å². The van der Waals surface area contributed by atoms with Crippen molar-refractivity contribution < 1.29 is 56.6 Å². The molecule has 0 unspecified atom stereocenters. The van der Waals surface area contributed by atoms with Crippen molar-refractivity contribution in [1.82, 2.24) is 0 Å². The number of hydrogen-bond donors (Lipinski definition) is 0. The summed E-state index contributed by atoms with van der Waals surface area (Å²) in [7, 11) is -18.0. The first-order valence-electron chi connectivity index (χ1n) is 5.05. The summed E-state index contributed by atoms with van der Waals surface area (Å²) in [5, 5.41) is 0. The SMILES string of the molecule is F[B-](F)(F)F.F[B-](F)(F)F.F[B-](F)(F)F.O=Cc1ccccc1.[KH]. The molecule has 1 aromatic rings. The maximum atomic E-state index is 10.0. The molecule has 0 N–H and O–H groups in total. The van der Waals surface area contributed by atoms with Crippen LogP contribution in [0.5, 0.6) is 0 Å². The summed E-state index contributed by atoms with van der Waals surface area (Å²) in [6.45, 7) is 0. The summed E-state index contributed by atoms with van der Waals surface area (Å²) in [6, 6.07) is 9.10. The van der Waals surface area contributed by atoms with E-state index in [1.807, 2.05) is 18.2 Å². The van der Waals surface area contributed by atoms with Gasteiger partial charge in [0.15, 0.2) is 0 Å². The zero-order valence-electron chi connectivity index (χ0n) is 10.6. The van der Waals surface area contributed by atoms with Crippen LogP contribution in [0.15, 0.2) is 30.3 Å². The first-order valence-corrected chi connectivity index (χ1v) is 5.05. The number of carbonyl (C=O) groups excluding carboxylic acids is 1. The van der Waals surface area contributed by atoms with Gasteiger partial charge in [-0.1, -0.05) is 30.3 Å². The maximum absolute atomic E-state index is 10.0. The van der Waals surface area contributed by atoms with Crippen LogP contribution in [0.1, 0.15) is 10.4 Å². The molecule has 0 saturated heterocycles. The van der Waals surface area contributed by atoms with Gasteiger partial charge in [-0.2, -0.15) is 0 Å². The first kappa shape index (κ1) is 31.6. The summed E-state index contributed by atoms with van der Waals surface area (Å²) < 4.78 is 117. The Morgan fingerprint density at radius 1 is 0.583 bits per heavy atom. The molecule has 0 radical (unpaired) electrons. The van der Waals surface area contributed by atoms with Crippen molar-refractivity contribution in [3.63, 3.8) is 0 Å². The third-order valence-electron chi connectivity index (χ3n) is 0.936. The molecule has 0 aromatic heterocycles. The summed E-state index contributed by atoms with van der Waals surface area (Å²) in [6.07, 6.45) is 0.833. The zero-order valence-corrected chi connectivity index (χ0v) is 10.6. The van der Waals surface area contributed by atoms with E-state index >= 15 is 0 Å². The van der Waals surface area contributed by atoms with Crippen LogP contribution in [0.2, 0.25) is 0 Å². The molecule has 17 heteroatoms. The van der Waals surface area contributed by atoms with E-state index in [4.69, 9.17) is 0 Å². The number of rotatable bonds is 1. The molecule has 0 aliphatic heterocycles. The van der Waals surface area contributed by atoms with Gasteiger partial charge >= 0.3 is 73.1 Å². The van der Waals surface area contributed by atoms with Crippen LogP contribution in [0, 0.1) is 0 Å². The van der Waals surface area contributed by atoms with E-state index in [0.29, 0.717) is 0 Å². The molecule has 0 amide bonds. The fourth-order valence-electron chi connectivity index (χ4n) is 0.532. The third kappa shape index (κ3) is 97.7.